The highest BCUT2D eigenvalue weighted by Gasteiger charge is 2.35. The number of thiazole rings is 1. The highest BCUT2D eigenvalue weighted by Crippen LogP contribution is 2.41. The monoisotopic (exact) mass is 283 g/mol. The van der Waals surface area contributed by atoms with Crippen LogP contribution < -0.4 is 10.6 Å². The summed E-state index contributed by atoms with van der Waals surface area (Å²) in [6.07, 6.45) is 4.33. The van der Waals surface area contributed by atoms with Crippen LogP contribution in [0.3, 0.4) is 0 Å². The molecular formula is C13H21N3O2S. The van der Waals surface area contributed by atoms with Crippen molar-refractivity contribution in [2.75, 3.05) is 6.54 Å². The number of aryl methyl sites for hydroxylation is 1. The number of carbonyl (C=O) groups excluding carboxylic acids is 1. The van der Waals surface area contributed by atoms with Crippen molar-refractivity contribution in [3.8, 4) is 0 Å². The molecule has 0 saturated heterocycles. The lowest BCUT2D eigenvalue weighted by molar-refractivity contribution is 0.183. The van der Waals surface area contributed by atoms with Gasteiger partial charge in [-0.1, -0.05) is 0 Å². The molecule has 0 spiro atoms. The van der Waals surface area contributed by atoms with E-state index >= 15 is 0 Å². The zero-order chi connectivity index (χ0) is 13.8. The molecule has 1 fully saturated rings. The Balaban J connectivity index is 1.85. The lowest BCUT2D eigenvalue weighted by Crippen LogP contribution is -2.39. The molecule has 5 nitrogen and oxygen atoms in total. The van der Waals surface area contributed by atoms with E-state index in [2.05, 4.69) is 15.6 Å². The molecule has 1 aromatic heterocycles. The summed E-state index contributed by atoms with van der Waals surface area (Å²) in [6, 6.07) is -0.143. The fourth-order valence-corrected chi connectivity index (χ4v) is 2.83. The van der Waals surface area contributed by atoms with E-state index in [1.807, 2.05) is 13.1 Å². The first-order valence-corrected chi connectivity index (χ1v) is 7.52. The molecule has 2 atom stereocenters. The van der Waals surface area contributed by atoms with Crippen molar-refractivity contribution in [3.63, 3.8) is 0 Å². The third kappa shape index (κ3) is 4.47. The van der Waals surface area contributed by atoms with Gasteiger partial charge in [-0.3, -0.25) is 0 Å². The van der Waals surface area contributed by atoms with Crippen molar-refractivity contribution in [2.24, 2.45) is 5.92 Å². The summed E-state index contributed by atoms with van der Waals surface area (Å²) in [5.41, 5.74) is 0. The van der Waals surface area contributed by atoms with E-state index in [4.69, 9.17) is 5.11 Å². The average Bonchev–Trinajstić information content (AvgIpc) is 3.08. The Morgan fingerprint density at radius 1 is 1.63 bits per heavy atom. The number of aliphatic hydroxyl groups excluding tert-OH is 1. The quantitative estimate of drug-likeness (QED) is 0.747. The highest BCUT2D eigenvalue weighted by atomic mass is 32.1. The topological polar surface area (TPSA) is 74.2 Å². The van der Waals surface area contributed by atoms with Crippen molar-refractivity contribution in [1.29, 1.82) is 0 Å². The molecule has 2 amide bonds. The second-order valence-electron chi connectivity index (χ2n) is 5.16. The van der Waals surface area contributed by atoms with Crippen molar-refractivity contribution in [1.82, 2.24) is 15.6 Å². The van der Waals surface area contributed by atoms with Crippen LogP contribution in [0.5, 0.6) is 0 Å². The molecule has 0 radical (unpaired) electrons. The van der Waals surface area contributed by atoms with Crippen LogP contribution in [0.1, 0.15) is 42.1 Å². The maximum absolute atomic E-state index is 11.8. The number of nitrogens with zero attached hydrogens (tertiary/aromatic N) is 1. The number of urea groups is 1. The zero-order valence-electron chi connectivity index (χ0n) is 11.3. The Kier molecular flexibility index (Phi) is 4.76. The molecule has 19 heavy (non-hydrogen) atoms. The molecule has 0 aliphatic heterocycles. The van der Waals surface area contributed by atoms with Gasteiger partial charge in [-0.25, -0.2) is 9.78 Å². The first-order chi connectivity index (χ1) is 9.06. The van der Waals surface area contributed by atoms with Gasteiger partial charge in [0.2, 0.25) is 0 Å². The van der Waals surface area contributed by atoms with E-state index in [1.165, 1.54) is 0 Å². The summed E-state index contributed by atoms with van der Waals surface area (Å²) in [5, 5.41) is 15.9. The fourth-order valence-electron chi connectivity index (χ4n) is 1.91. The summed E-state index contributed by atoms with van der Waals surface area (Å²) in [5.74, 6) is 0.521. The van der Waals surface area contributed by atoms with Gasteiger partial charge in [0.15, 0.2) is 0 Å². The van der Waals surface area contributed by atoms with Gasteiger partial charge >= 0.3 is 6.03 Å². The largest absolute Gasteiger partial charge is 0.393 e. The number of nitrogens with one attached hydrogen (secondary N) is 2. The van der Waals surface area contributed by atoms with E-state index in [0.717, 1.165) is 22.7 Å². The molecule has 1 aliphatic rings. The number of amides is 2. The zero-order valence-corrected chi connectivity index (χ0v) is 12.2. The van der Waals surface area contributed by atoms with Crippen LogP contribution in [0.25, 0.3) is 0 Å². The van der Waals surface area contributed by atoms with Gasteiger partial charge in [-0.15, -0.1) is 11.3 Å². The molecule has 0 aromatic carbocycles. The molecule has 106 valence electrons. The molecule has 0 bridgehead atoms. The van der Waals surface area contributed by atoms with Crippen LogP contribution in [0, 0.1) is 12.8 Å². The van der Waals surface area contributed by atoms with Crippen molar-refractivity contribution >= 4 is 17.4 Å². The van der Waals surface area contributed by atoms with E-state index in [-0.39, 0.29) is 18.2 Å². The van der Waals surface area contributed by atoms with Crippen LogP contribution in [0.15, 0.2) is 6.20 Å². The van der Waals surface area contributed by atoms with Gasteiger partial charge in [0, 0.05) is 17.6 Å². The molecule has 2 rings (SSSR count). The van der Waals surface area contributed by atoms with Gasteiger partial charge in [-0.2, -0.15) is 0 Å². The average molecular weight is 283 g/mol. The molecular weight excluding hydrogens is 262 g/mol. The highest BCUT2D eigenvalue weighted by molar-refractivity contribution is 7.11. The van der Waals surface area contributed by atoms with Crippen LogP contribution >= 0.6 is 11.3 Å². The Morgan fingerprint density at radius 3 is 2.89 bits per heavy atom. The van der Waals surface area contributed by atoms with E-state index in [0.29, 0.717) is 18.9 Å². The second kappa shape index (κ2) is 6.34. The predicted octanol–water partition coefficient (Wildman–Crippen LogP) is 1.97. The second-order valence-corrected chi connectivity index (χ2v) is 6.43. The van der Waals surface area contributed by atoms with Gasteiger partial charge < -0.3 is 15.7 Å². The molecule has 1 saturated carbocycles. The maximum atomic E-state index is 11.8. The molecule has 1 aromatic rings. The molecule has 1 aliphatic carbocycles. The molecule has 3 N–H and O–H groups in total. The summed E-state index contributed by atoms with van der Waals surface area (Å²) in [6.45, 7) is 4.22. The van der Waals surface area contributed by atoms with E-state index < -0.39 is 0 Å². The molecule has 6 heteroatoms. The first kappa shape index (κ1) is 14.3. The standard InChI is InChI=1S/C13H21N3O2S/c1-8(17)5-6-14-13(18)16-11(10-3-4-10)12-15-7-9(2)19-12/h7-8,10-11,17H,3-6H2,1-2H3,(H2,14,16,18). The first-order valence-electron chi connectivity index (χ1n) is 6.71. The van der Waals surface area contributed by atoms with Crippen LogP contribution in [-0.4, -0.2) is 28.8 Å². The Hall–Kier alpha value is -1.14. The van der Waals surface area contributed by atoms with E-state index in [9.17, 15) is 4.79 Å². The third-order valence-corrected chi connectivity index (χ3v) is 4.13. The van der Waals surface area contributed by atoms with Crippen LogP contribution in [0.4, 0.5) is 4.79 Å². The third-order valence-electron chi connectivity index (χ3n) is 3.13. The number of rotatable bonds is 6. The number of hydrogen-bond acceptors (Lipinski definition) is 4. The van der Waals surface area contributed by atoms with E-state index in [1.54, 1.807) is 18.3 Å². The Bertz CT molecular complexity index is 429. The molecule has 2 unspecified atom stereocenters. The van der Waals surface area contributed by atoms with Crippen molar-refractivity contribution < 1.29 is 9.90 Å². The van der Waals surface area contributed by atoms with Crippen molar-refractivity contribution in [2.45, 2.75) is 45.3 Å². The summed E-state index contributed by atoms with van der Waals surface area (Å²) < 4.78 is 0. The minimum atomic E-state index is -0.388. The Labute approximate surface area is 117 Å². The van der Waals surface area contributed by atoms with Crippen LogP contribution in [-0.2, 0) is 0 Å². The van der Waals surface area contributed by atoms with Gasteiger partial charge in [-0.05, 0) is 39.0 Å². The van der Waals surface area contributed by atoms with Crippen LogP contribution in [0.2, 0.25) is 0 Å². The number of carbonyl (C=O) groups is 1. The lowest BCUT2D eigenvalue weighted by Gasteiger charge is -2.16. The number of aliphatic hydroxyl groups is 1. The lowest BCUT2D eigenvalue weighted by atomic mass is 10.2. The number of hydrogen-bond donors (Lipinski definition) is 3. The Morgan fingerprint density at radius 2 is 2.37 bits per heavy atom. The van der Waals surface area contributed by atoms with Gasteiger partial charge in [0.05, 0.1) is 12.1 Å². The molecule has 1 heterocycles. The smallest absolute Gasteiger partial charge is 0.315 e. The summed E-state index contributed by atoms with van der Waals surface area (Å²) in [7, 11) is 0. The minimum absolute atomic E-state index is 0.0326. The number of aromatic nitrogens is 1. The van der Waals surface area contributed by atoms with Gasteiger partial charge in [0.25, 0.3) is 0 Å². The maximum Gasteiger partial charge on any atom is 0.315 e. The SMILES string of the molecule is Cc1cnc(C(NC(=O)NCCC(C)O)C2CC2)s1. The summed E-state index contributed by atoms with van der Waals surface area (Å²) in [4.78, 5) is 17.4. The summed E-state index contributed by atoms with van der Waals surface area (Å²) >= 11 is 1.64. The normalized spacial score (nSPS) is 17.8. The van der Waals surface area contributed by atoms with Crippen molar-refractivity contribution in [3.05, 3.63) is 16.1 Å². The minimum Gasteiger partial charge on any atom is -0.393 e. The predicted molar refractivity (Wildman–Crippen MR) is 75.1 cm³/mol. The van der Waals surface area contributed by atoms with Gasteiger partial charge in [0.1, 0.15) is 5.01 Å². The fraction of sp³-hybridized carbons (Fsp3) is 0.692.